The topological polar surface area (TPSA) is 18.5 Å². The molecule has 2 nitrogen and oxygen atoms in total. The van der Waals surface area contributed by atoms with Crippen molar-refractivity contribution in [1.82, 2.24) is 0 Å². The van der Waals surface area contributed by atoms with Gasteiger partial charge in [0, 0.05) is 9.79 Å². The fraction of sp³-hybridized carbons (Fsp3) is 0. The molecule has 0 aliphatic carbocycles. The lowest BCUT2D eigenvalue weighted by Crippen LogP contribution is -1.86. The molecule has 0 radical (unpaired) electrons. The lowest BCUT2D eigenvalue weighted by atomic mass is 10.1. The molecule has 28 heavy (non-hydrogen) atoms. The van der Waals surface area contributed by atoms with Crippen molar-refractivity contribution in [2.75, 3.05) is 0 Å². The van der Waals surface area contributed by atoms with Gasteiger partial charge in [-0.25, -0.2) is 0 Å². The Hall–Kier alpha value is -2.82. The van der Waals surface area contributed by atoms with Crippen molar-refractivity contribution in [3.8, 4) is 34.1 Å². The quantitative estimate of drug-likeness (QED) is 0.336. The van der Waals surface area contributed by atoms with Crippen molar-refractivity contribution in [3.05, 3.63) is 97.1 Å². The van der Waals surface area contributed by atoms with E-state index in [9.17, 15) is 0 Å². The minimum absolute atomic E-state index is 0.783. The molecule has 0 aliphatic rings. The molecule has 0 heterocycles. The van der Waals surface area contributed by atoms with Crippen LogP contribution < -0.4 is 9.47 Å². The number of hydrogen-bond acceptors (Lipinski definition) is 4. The normalized spacial score (nSPS) is 10.5. The second-order valence-electron chi connectivity index (χ2n) is 6.24. The first-order valence-electron chi connectivity index (χ1n) is 8.80. The molecule has 0 bridgehead atoms. The summed E-state index contributed by atoms with van der Waals surface area (Å²) in [5, 5.41) is 0. The van der Waals surface area contributed by atoms with Crippen molar-refractivity contribution in [3.63, 3.8) is 0 Å². The maximum atomic E-state index is 5.94. The third-order valence-corrected chi connectivity index (χ3v) is 4.76. The van der Waals surface area contributed by atoms with Crippen LogP contribution in [-0.4, -0.2) is 0 Å². The molecule has 0 fully saturated rings. The van der Waals surface area contributed by atoms with Gasteiger partial charge >= 0.3 is 0 Å². The van der Waals surface area contributed by atoms with Crippen LogP contribution >= 0.6 is 25.3 Å². The van der Waals surface area contributed by atoms with E-state index < -0.39 is 0 Å². The Morgan fingerprint density at radius 3 is 1.43 bits per heavy atom. The minimum Gasteiger partial charge on any atom is -0.457 e. The van der Waals surface area contributed by atoms with E-state index in [-0.39, 0.29) is 0 Å². The Morgan fingerprint density at radius 2 is 0.893 bits per heavy atom. The summed E-state index contributed by atoms with van der Waals surface area (Å²) in [6.45, 7) is 0. The summed E-state index contributed by atoms with van der Waals surface area (Å²) in [7, 11) is 0. The van der Waals surface area contributed by atoms with Crippen molar-refractivity contribution in [1.29, 1.82) is 0 Å². The van der Waals surface area contributed by atoms with Gasteiger partial charge in [0.1, 0.15) is 23.0 Å². The molecule has 0 aromatic heterocycles. The molecule has 0 N–H and O–H groups in total. The molecule has 4 aromatic rings. The van der Waals surface area contributed by atoms with Crippen LogP contribution in [0.2, 0.25) is 0 Å². The molecule has 0 atom stereocenters. The summed E-state index contributed by atoms with van der Waals surface area (Å²) in [5.74, 6) is 3.14. The zero-order chi connectivity index (χ0) is 19.3. The number of hydrogen-bond donors (Lipinski definition) is 2. The molecule has 0 saturated carbocycles. The average Bonchev–Trinajstić information content (AvgIpc) is 2.72. The first-order chi connectivity index (χ1) is 13.7. The van der Waals surface area contributed by atoms with E-state index in [0.29, 0.717) is 0 Å². The summed E-state index contributed by atoms with van der Waals surface area (Å²) in [6.07, 6.45) is 0. The van der Waals surface area contributed by atoms with Gasteiger partial charge in [-0.2, -0.15) is 0 Å². The molecule has 4 heteroatoms. The Kier molecular flexibility index (Phi) is 5.60. The number of benzene rings is 4. The average molecular weight is 403 g/mol. The van der Waals surface area contributed by atoms with Crippen molar-refractivity contribution >= 4 is 25.3 Å². The summed E-state index contributed by atoms with van der Waals surface area (Å²) in [5.41, 5.74) is 2.17. The highest BCUT2D eigenvalue weighted by atomic mass is 32.1. The van der Waals surface area contributed by atoms with Crippen LogP contribution in [0.1, 0.15) is 0 Å². The van der Waals surface area contributed by atoms with Crippen molar-refractivity contribution in [2.45, 2.75) is 9.79 Å². The van der Waals surface area contributed by atoms with Gasteiger partial charge in [0.05, 0.1) is 0 Å². The summed E-state index contributed by atoms with van der Waals surface area (Å²) in [6, 6.07) is 31.2. The predicted octanol–water partition coefficient (Wildman–Crippen LogP) is 7.52. The highest BCUT2D eigenvalue weighted by Crippen LogP contribution is 2.30. The summed E-state index contributed by atoms with van der Waals surface area (Å²) in [4.78, 5) is 1.82. The van der Waals surface area contributed by atoms with E-state index in [0.717, 1.165) is 43.9 Å². The standard InChI is InChI=1S/C24H18O2S2/c27-23-12-8-20(9-13-23)25-19-6-4-17(5-7-19)18-2-1-3-22(16-18)26-21-10-14-24(28)15-11-21/h1-16,27-28H. The molecule has 138 valence electrons. The molecule has 4 aromatic carbocycles. The smallest absolute Gasteiger partial charge is 0.128 e. The number of ether oxygens (including phenoxy) is 2. The molecule has 0 unspecified atom stereocenters. The highest BCUT2D eigenvalue weighted by molar-refractivity contribution is 7.80. The fourth-order valence-electron chi connectivity index (χ4n) is 2.76. The minimum atomic E-state index is 0.783. The molecule has 0 spiro atoms. The second-order valence-corrected chi connectivity index (χ2v) is 7.28. The summed E-state index contributed by atoms with van der Waals surface area (Å²) < 4.78 is 11.8. The lowest BCUT2D eigenvalue weighted by molar-refractivity contribution is 0.482. The van der Waals surface area contributed by atoms with E-state index in [1.807, 2.05) is 91.0 Å². The number of rotatable bonds is 5. The SMILES string of the molecule is Sc1ccc(Oc2ccc(-c3cccc(Oc4ccc(S)cc4)c3)cc2)cc1. The molecule has 0 saturated heterocycles. The van der Waals surface area contributed by atoms with Gasteiger partial charge in [-0.05, 0) is 83.9 Å². The molecule has 0 aliphatic heterocycles. The van der Waals surface area contributed by atoms with Gasteiger partial charge in [0.25, 0.3) is 0 Å². The van der Waals surface area contributed by atoms with Gasteiger partial charge in [0.2, 0.25) is 0 Å². The largest absolute Gasteiger partial charge is 0.457 e. The third-order valence-electron chi connectivity index (χ3n) is 4.17. The van der Waals surface area contributed by atoms with Gasteiger partial charge in [-0.15, -0.1) is 25.3 Å². The molecule has 4 rings (SSSR count). The summed E-state index contributed by atoms with van der Waals surface area (Å²) >= 11 is 8.58. The first-order valence-corrected chi connectivity index (χ1v) is 9.69. The highest BCUT2D eigenvalue weighted by Gasteiger charge is 2.03. The van der Waals surface area contributed by atoms with Crippen molar-refractivity contribution in [2.24, 2.45) is 0 Å². The monoisotopic (exact) mass is 402 g/mol. The van der Waals surface area contributed by atoms with Crippen LogP contribution in [0.15, 0.2) is 107 Å². The Morgan fingerprint density at radius 1 is 0.429 bits per heavy atom. The first kappa shape index (κ1) is 18.5. The molecular formula is C24H18O2S2. The van der Waals surface area contributed by atoms with Crippen molar-refractivity contribution < 1.29 is 9.47 Å². The van der Waals surface area contributed by atoms with Gasteiger partial charge < -0.3 is 9.47 Å². The third kappa shape index (κ3) is 4.71. The molecular weight excluding hydrogens is 384 g/mol. The van der Waals surface area contributed by atoms with E-state index >= 15 is 0 Å². The second kappa shape index (κ2) is 8.46. The predicted molar refractivity (Wildman–Crippen MR) is 119 cm³/mol. The Bertz CT molecular complexity index is 1060. The van der Waals surface area contributed by atoms with E-state index in [4.69, 9.17) is 9.47 Å². The number of thiol groups is 2. The van der Waals surface area contributed by atoms with E-state index in [1.165, 1.54) is 0 Å². The molecule has 0 amide bonds. The zero-order valence-electron chi connectivity index (χ0n) is 14.9. The van der Waals surface area contributed by atoms with Gasteiger partial charge in [-0.1, -0.05) is 24.3 Å². The van der Waals surface area contributed by atoms with Crippen LogP contribution in [0.25, 0.3) is 11.1 Å². The van der Waals surface area contributed by atoms with Crippen LogP contribution in [-0.2, 0) is 0 Å². The van der Waals surface area contributed by atoms with Gasteiger partial charge in [0.15, 0.2) is 0 Å². The van der Waals surface area contributed by atoms with Crippen LogP contribution in [0.3, 0.4) is 0 Å². The maximum Gasteiger partial charge on any atom is 0.128 e. The Balaban J connectivity index is 1.49. The maximum absolute atomic E-state index is 5.94. The Labute approximate surface area is 175 Å². The lowest BCUT2D eigenvalue weighted by Gasteiger charge is -2.09. The van der Waals surface area contributed by atoms with Crippen LogP contribution in [0.5, 0.6) is 23.0 Å². The zero-order valence-corrected chi connectivity index (χ0v) is 16.7. The van der Waals surface area contributed by atoms with E-state index in [2.05, 4.69) is 31.3 Å². The fourth-order valence-corrected chi connectivity index (χ4v) is 3.05. The van der Waals surface area contributed by atoms with Gasteiger partial charge in [-0.3, -0.25) is 0 Å². The van der Waals surface area contributed by atoms with Crippen LogP contribution in [0.4, 0.5) is 0 Å². The van der Waals surface area contributed by atoms with Crippen LogP contribution in [0, 0.1) is 0 Å². The van der Waals surface area contributed by atoms with E-state index in [1.54, 1.807) is 0 Å².